The van der Waals surface area contributed by atoms with E-state index < -0.39 is 17.9 Å². The molecule has 0 rings (SSSR count). The lowest BCUT2D eigenvalue weighted by molar-refractivity contribution is -0.870. The second-order valence-corrected chi connectivity index (χ2v) is 5.11. The smallest absolute Gasteiger partial charge is 0.325 e. The first-order chi connectivity index (χ1) is 7.76. The van der Waals surface area contributed by atoms with Gasteiger partial charge < -0.3 is 20.3 Å². The Bertz CT molecular complexity index is 266. The SMILES string of the molecule is C[N+](C)(C)CCOC(=O)CNC(=O)[C@@H](N)CS. The fourth-order valence-corrected chi connectivity index (χ4v) is 1.02. The normalized spacial score (nSPS) is 13.0. The van der Waals surface area contributed by atoms with E-state index in [1.54, 1.807) is 0 Å². The van der Waals surface area contributed by atoms with Gasteiger partial charge in [-0.3, -0.25) is 9.59 Å². The lowest BCUT2D eigenvalue weighted by atomic mass is 10.3. The highest BCUT2D eigenvalue weighted by molar-refractivity contribution is 7.80. The standard InChI is InChI=1S/C10H21N3O3S/c1-13(2,3)4-5-16-9(14)6-12-10(15)8(11)7-17/h8H,4-7,11H2,1-3H3,(H-,12,15,17)/p+1/t8-/m0/s1. The predicted molar refractivity (Wildman–Crippen MR) is 68.7 cm³/mol. The number of rotatable bonds is 7. The molecule has 3 N–H and O–H groups in total. The fourth-order valence-electron chi connectivity index (χ4n) is 0.858. The van der Waals surface area contributed by atoms with E-state index in [1.807, 2.05) is 21.1 Å². The maximum Gasteiger partial charge on any atom is 0.325 e. The van der Waals surface area contributed by atoms with Crippen LogP contribution < -0.4 is 11.1 Å². The van der Waals surface area contributed by atoms with Crippen molar-refractivity contribution in [2.75, 3.05) is 46.6 Å². The first-order valence-corrected chi connectivity index (χ1v) is 5.99. The van der Waals surface area contributed by atoms with Gasteiger partial charge in [0.25, 0.3) is 0 Å². The maximum atomic E-state index is 11.2. The monoisotopic (exact) mass is 264 g/mol. The summed E-state index contributed by atoms with van der Waals surface area (Å²) in [6.45, 7) is 0.893. The Morgan fingerprint density at radius 1 is 1.41 bits per heavy atom. The fraction of sp³-hybridized carbons (Fsp3) is 0.800. The van der Waals surface area contributed by atoms with Crippen LogP contribution in [0.4, 0.5) is 0 Å². The highest BCUT2D eigenvalue weighted by atomic mass is 32.1. The molecule has 0 aromatic heterocycles. The van der Waals surface area contributed by atoms with E-state index in [4.69, 9.17) is 10.5 Å². The molecule has 0 radical (unpaired) electrons. The molecule has 100 valence electrons. The highest BCUT2D eigenvalue weighted by Crippen LogP contribution is 1.90. The number of carbonyl (C=O) groups excluding carboxylic acids is 2. The summed E-state index contributed by atoms with van der Waals surface area (Å²) in [7, 11) is 6.00. The summed E-state index contributed by atoms with van der Waals surface area (Å²) in [5, 5.41) is 2.39. The predicted octanol–water partition coefficient (Wildman–Crippen LogP) is -1.39. The van der Waals surface area contributed by atoms with E-state index in [2.05, 4.69) is 17.9 Å². The van der Waals surface area contributed by atoms with Crippen LogP contribution in [0.15, 0.2) is 0 Å². The number of likely N-dealkylation sites (N-methyl/N-ethyl adjacent to an activating group) is 1. The van der Waals surface area contributed by atoms with Crippen molar-refractivity contribution in [1.82, 2.24) is 5.32 Å². The zero-order chi connectivity index (χ0) is 13.5. The molecule has 0 aliphatic heterocycles. The van der Waals surface area contributed by atoms with E-state index in [0.717, 1.165) is 6.54 Å². The first-order valence-electron chi connectivity index (χ1n) is 5.36. The molecular weight excluding hydrogens is 242 g/mol. The molecule has 0 spiro atoms. The number of carbonyl (C=O) groups is 2. The van der Waals surface area contributed by atoms with Crippen molar-refractivity contribution in [2.45, 2.75) is 6.04 Å². The molecule has 0 saturated carbocycles. The molecular formula is C10H22N3O3S+. The van der Waals surface area contributed by atoms with Gasteiger partial charge in [0, 0.05) is 5.75 Å². The van der Waals surface area contributed by atoms with Gasteiger partial charge in [-0.25, -0.2) is 0 Å². The van der Waals surface area contributed by atoms with Gasteiger partial charge in [-0.05, 0) is 0 Å². The van der Waals surface area contributed by atoms with Crippen molar-refractivity contribution in [1.29, 1.82) is 0 Å². The number of amides is 1. The van der Waals surface area contributed by atoms with Crippen LogP contribution in [0.3, 0.4) is 0 Å². The molecule has 0 bridgehead atoms. The van der Waals surface area contributed by atoms with Crippen molar-refractivity contribution in [3.8, 4) is 0 Å². The van der Waals surface area contributed by atoms with Crippen molar-refractivity contribution in [3.63, 3.8) is 0 Å². The zero-order valence-corrected chi connectivity index (χ0v) is 11.5. The minimum atomic E-state index is -0.697. The largest absolute Gasteiger partial charge is 0.458 e. The molecule has 0 fully saturated rings. The molecule has 0 aliphatic carbocycles. The molecule has 0 aromatic rings. The van der Waals surface area contributed by atoms with Gasteiger partial charge in [-0.2, -0.15) is 12.6 Å². The molecule has 0 unspecified atom stereocenters. The summed E-state index contributed by atoms with van der Waals surface area (Å²) in [6.07, 6.45) is 0. The summed E-state index contributed by atoms with van der Waals surface area (Å²) in [5.74, 6) is -0.621. The Kier molecular flexibility index (Phi) is 7.17. The number of esters is 1. The molecule has 7 heteroatoms. The molecule has 1 atom stereocenters. The number of nitrogens with zero attached hydrogens (tertiary/aromatic N) is 1. The number of hydrogen-bond donors (Lipinski definition) is 3. The third kappa shape index (κ3) is 8.96. The first kappa shape index (κ1) is 16.2. The van der Waals surface area contributed by atoms with Crippen LogP contribution in [-0.2, 0) is 14.3 Å². The Morgan fingerprint density at radius 3 is 2.47 bits per heavy atom. The number of hydrogen-bond acceptors (Lipinski definition) is 5. The van der Waals surface area contributed by atoms with Gasteiger partial charge in [0.05, 0.1) is 27.2 Å². The average Bonchev–Trinajstić information content (AvgIpc) is 2.22. The highest BCUT2D eigenvalue weighted by Gasteiger charge is 2.13. The quantitative estimate of drug-likeness (QED) is 0.300. The minimum absolute atomic E-state index is 0.155. The van der Waals surface area contributed by atoms with Crippen molar-refractivity contribution in [3.05, 3.63) is 0 Å². The van der Waals surface area contributed by atoms with Crippen molar-refractivity contribution >= 4 is 24.5 Å². The number of quaternary nitrogens is 1. The molecule has 0 saturated heterocycles. The van der Waals surface area contributed by atoms with Gasteiger partial charge >= 0.3 is 5.97 Å². The summed E-state index contributed by atoms with van der Waals surface area (Å²) < 4.78 is 5.67. The Labute approximate surface area is 107 Å². The van der Waals surface area contributed by atoms with Gasteiger partial charge in [0.15, 0.2) is 0 Å². The van der Waals surface area contributed by atoms with Crippen LogP contribution in [0.1, 0.15) is 0 Å². The van der Waals surface area contributed by atoms with Gasteiger partial charge in [-0.1, -0.05) is 0 Å². The van der Waals surface area contributed by atoms with Crippen LogP contribution in [0.25, 0.3) is 0 Å². The van der Waals surface area contributed by atoms with Crippen LogP contribution in [0, 0.1) is 0 Å². The number of ether oxygens (including phenoxy) is 1. The van der Waals surface area contributed by atoms with E-state index in [-0.39, 0.29) is 12.3 Å². The zero-order valence-electron chi connectivity index (χ0n) is 10.6. The lowest BCUT2D eigenvalue weighted by Crippen LogP contribution is -2.44. The van der Waals surface area contributed by atoms with E-state index in [1.165, 1.54) is 0 Å². The third-order valence-electron chi connectivity index (χ3n) is 1.97. The van der Waals surface area contributed by atoms with Crippen molar-refractivity contribution < 1.29 is 18.8 Å². The second-order valence-electron chi connectivity index (χ2n) is 4.74. The number of nitrogens with two attached hydrogens (primary N) is 1. The molecule has 17 heavy (non-hydrogen) atoms. The topological polar surface area (TPSA) is 81.4 Å². The van der Waals surface area contributed by atoms with Crippen molar-refractivity contribution in [2.24, 2.45) is 5.73 Å². The summed E-state index contributed by atoms with van der Waals surface area (Å²) in [5.41, 5.74) is 5.42. The Balaban J connectivity index is 3.70. The lowest BCUT2D eigenvalue weighted by Gasteiger charge is -2.23. The maximum absolute atomic E-state index is 11.2. The molecule has 0 aromatic carbocycles. The number of nitrogens with one attached hydrogen (secondary N) is 1. The second kappa shape index (κ2) is 7.52. The third-order valence-corrected chi connectivity index (χ3v) is 2.36. The van der Waals surface area contributed by atoms with Crippen LogP contribution >= 0.6 is 12.6 Å². The Hall–Kier alpha value is -0.790. The van der Waals surface area contributed by atoms with Gasteiger partial charge in [0.2, 0.25) is 5.91 Å². The molecule has 0 heterocycles. The molecule has 1 amide bonds. The molecule has 6 nitrogen and oxygen atoms in total. The van der Waals surface area contributed by atoms with Gasteiger partial charge in [0.1, 0.15) is 19.7 Å². The minimum Gasteiger partial charge on any atom is -0.458 e. The average molecular weight is 264 g/mol. The molecule has 0 aliphatic rings. The van der Waals surface area contributed by atoms with Gasteiger partial charge in [-0.15, -0.1) is 0 Å². The van der Waals surface area contributed by atoms with E-state index >= 15 is 0 Å². The Morgan fingerprint density at radius 2 is 2.00 bits per heavy atom. The summed E-state index contributed by atoms with van der Waals surface area (Å²) in [4.78, 5) is 22.5. The van der Waals surface area contributed by atoms with E-state index in [9.17, 15) is 9.59 Å². The van der Waals surface area contributed by atoms with Crippen LogP contribution in [-0.4, -0.2) is 69.0 Å². The van der Waals surface area contributed by atoms with Crippen LogP contribution in [0.2, 0.25) is 0 Å². The summed E-state index contributed by atoms with van der Waals surface area (Å²) in [6, 6.07) is -0.697. The number of thiol groups is 1. The van der Waals surface area contributed by atoms with E-state index in [0.29, 0.717) is 11.1 Å². The van der Waals surface area contributed by atoms with Crippen LogP contribution in [0.5, 0.6) is 0 Å². The summed E-state index contributed by atoms with van der Waals surface area (Å²) >= 11 is 3.88.